The largest absolute Gasteiger partial charge is 0.497 e. The standard InChI is InChI=1S/C17H14N6O2/c1-24-11-6-8-12(9-7-11)25-17-15(18)16(19-10-20-17)23-14-5-3-2-4-13(14)21-22-23/h2-10H,18H2,1H3. The summed E-state index contributed by atoms with van der Waals surface area (Å²) in [5.74, 6) is 1.97. The number of benzene rings is 2. The molecule has 8 heteroatoms. The van der Waals surface area contributed by atoms with E-state index in [9.17, 15) is 0 Å². The normalized spacial score (nSPS) is 10.8. The molecule has 0 bridgehead atoms. The molecule has 2 heterocycles. The fourth-order valence-corrected chi connectivity index (χ4v) is 2.40. The molecule has 0 spiro atoms. The zero-order chi connectivity index (χ0) is 17.2. The molecule has 4 aromatic rings. The van der Waals surface area contributed by atoms with Gasteiger partial charge in [-0.15, -0.1) is 5.10 Å². The van der Waals surface area contributed by atoms with Crippen LogP contribution in [0.2, 0.25) is 0 Å². The van der Waals surface area contributed by atoms with Crippen LogP contribution in [0.15, 0.2) is 54.9 Å². The van der Waals surface area contributed by atoms with E-state index in [2.05, 4.69) is 20.3 Å². The van der Waals surface area contributed by atoms with Gasteiger partial charge in [0.1, 0.15) is 29.0 Å². The van der Waals surface area contributed by atoms with Gasteiger partial charge in [-0.25, -0.2) is 4.98 Å². The zero-order valence-electron chi connectivity index (χ0n) is 13.3. The van der Waals surface area contributed by atoms with Crippen LogP contribution in [0.3, 0.4) is 0 Å². The van der Waals surface area contributed by atoms with Gasteiger partial charge in [-0.05, 0) is 36.4 Å². The Morgan fingerprint density at radius 3 is 2.52 bits per heavy atom. The second kappa shape index (κ2) is 6.08. The van der Waals surface area contributed by atoms with Gasteiger partial charge >= 0.3 is 0 Å². The number of hydrogen-bond acceptors (Lipinski definition) is 7. The Labute approximate surface area is 142 Å². The van der Waals surface area contributed by atoms with Gasteiger partial charge in [0.05, 0.1) is 12.6 Å². The second-order valence-corrected chi connectivity index (χ2v) is 5.18. The van der Waals surface area contributed by atoms with Crippen LogP contribution in [0.1, 0.15) is 0 Å². The maximum Gasteiger partial charge on any atom is 0.248 e. The second-order valence-electron chi connectivity index (χ2n) is 5.18. The highest BCUT2D eigenvalue weighted by Gasteiger charge is 2.15. The van der Waals surface area contributed by atoms with Crippen LogP contribution in [-0.4, -0.2) is 32.1 Å². The Morgan fingerprint density at radius 2 is 1.72 bits per heavy atom. The molecular weight excluding hydrogens is 320 g/mol. The van der Waals surface area contributed by atoms with Gasteiger partial charge < -0.3 is 15.2 Å². The number of ether oxygens (including phenoxy) is 2. The highest BCUT2D eigenvalue weighted by molar-refractivity contribution is 5.77. The van der Waals surface area contributed by atoms with E-state index < -0.39 is 0 Å². The molecule has 0 unspecified atom stereocenters. The lowest BCUT2D eigenvalue weighted by atomic mass is 10.3. The van der Waals surface area contributed by atoms with E-state index in [-0.39, 0.29) is 11.6 Å². The monoisotopic (exact) mass is 334 g/mol. The number of hydrogen-bond donors (Lipinski definition) is 1. The van der Waals surface area contributed by atoms with Crippen molar-refractivity contribution in [1.82, 2.24) is 25.0 Å². The van der Waals surface area contributed by atoms with Crippen molar-refractivity contribution in [2.45, 2.75) is 0 Å². The molecule has 2 N–H and O–H groups in total. The van der Waals surface area contributed by atoms with E-state index in [0.717, 1.165) is 16.8 Å². The smallest absolute Gasteiger partial charge is 0.248 e. The van der Waals surface area contributed by atoms with Crippen molar-refractivity contribution < 1.29 is 9.47 Å². The quantitative estimate of drug-likeness (QED) is 0.612. The van der Waals surface area contributed by atoms with Crippen molar-refractivity contribution in [1.29, 1.82) is 0 Å². The van der Waals surface area contributed by atoms with Crippen LogP contribution in [0.25, 0.3) is 16.9 Å². The Hall–Kier alpha value is -3.68. The number of rotatable bonds is 4. The van der Waals surface area contributed by atoms with Crippen LogP contribution >= 0.6 is 0 Å². The molecule has 0 aliphatic rings. The highest BCUT2D eigenvalue weighted by Crippen LogP contribution is 2.30. The summed E-state index contributed by atoms with van der Waals surface area (Å²) in [6.07, 6.45) is 1.38. The van der Waals surface area contributed by atoms with Crippen LogP contribution in [0.5, 0.6) is 17.4 Å². The van der Waals surface area contributed by atoms with Gasteiger partial charge in [-0.1, -0.05) is 17.3 Å². The molecule has 0 amide bonds. The van der Waals surface area contributed by atoms with Crippen molar-refractivity contribution >= 4 is 16.7 Å². The number of para-hydroxylation sites is 1. The molecule has 0 saturated heterocycles. The maximum atomic E-state index is 6.21. The first-order chi connectivity index (χ1) is 12.3. The molecule has 0 radical (unpaired) electrons. The number of nitrogens with two attached hydrogens (primary N) is 1. The predicted octanol–water partition coefficient (Wildman–Crippen LogP) is 2.59. The lowest BCUT2D eigenvalue weighted by molar-refractivity contribution is 0.412. The maximum absolute atomic E-state index is 6.21. The zero-order valence-corrected chi connectivity index (χ0v) is 13.3. The van der Waals surface area contributed by atoms with E-state index in [4.69, 9.17) is 15.2 Å². The average molecular weight is 334 g/mol. The van der Waals surface area contributed by atoms with Gasteiger partial charge in [-0.2, -0.15) is 9.67 Å². The minimum absolute atomic E-state index is 0.245. The molecule has 25 heavy (non-hydrogen) atoms. The Kier molecular flexibility index (Phi) is 3.62. The first-order valence-electron chi connectivity index (χ1n) is 7.49. The molecule has 2 aromatic carbocycles. The molecule has 0 saturated carbocycles. The molecule has 0 aliphatic carbocycles. The van der Waals surface area contributed by atoms with Crippen molar-refractivity contribution in [3.8, 4) is 23.2 Å². The summed E-state index contributed by atoms with van der Waals surface area (Å²) in [6, 6.07) is 14.7. The van der Waals surface area contributed by atoms with Crippen molar-refractivity contribution in [3.05, 3.63) is 54.9 Å². The lowest BCUT2D eigenvalue weighted by Crippen LogP contribution is -2.07. The summed E-state index contributed by atoms with van der Waals surface area (Å²) in [5.41, 5.74) is 8.02. The van der Waals surface area contributed by atoms with Crippen LogP contribution in [-0.2, 0) is 0 Å². The summed E-state index contributed by atoms with van der Waals surface area (Å²) >= 11 is 0. The SMILES string of the molecule is COc1ccc(Oc2ncnc(-n3nnc4ccccc43)c2N)cc1. The minimum atomic E-state index is 0.245. The third kappa shape index (κ3) is 2.69. The van der Waals surface area contributed by atoms with E-state index in [0.29, 0.717) is 11.6 Å². The number of fused-ring (bicyclic) bond motifs is 1. The summed E-state index contributed by atoms with van der Waals surface area (Å²) in [4.78, 5) is 8.34. The first-order valence-corrected chi connectivity index (χ1v) is 7.49. The number of methoxy groups -OCH3 is 1. The third-order valence-electron chi connectivity index (χ3n) is 3.65. The van der Waals surface area contributed by atoms with Crippen molar-refractivity contribution in [2.75, 3.05) is 12.8 Å². The van der Waals surface area contributed by atoms with Gasteiger partial charge in [0.15, 0.2) is 5.82 Å². The molecule has 4 rings (SSSR count). The summed E-state index contributed by atoms with van der Waals surface area (Å²) in [6.45, 7) is 0. The van der Waals surface area contributed by atoms with E-state index in [1.165, 1.54) is 6.33 Å². The fourth-order valence-electron chi connectivity index (χ4n) is 2.40. The fraction of sp³-hybridized carbons (Fsp3) is 0.0588. The molecule has 0 atom stereocenters. The van der Waals surface area contributed by atoms with Crippen LogP contribution in [0.4, 0.5) is 5.69 Å². The van der Waals surface area contributed by atoms with E-state index >= 15 is 0 Å². The predicted molar refractivity (Wildman–Crippen MR) is 91.9 cm³/mol. The lowest BCUT2D eigenvalue weighted by Gasteiger charge is -2.10. The number of nitrogen functional groups attached to an aromatic ring is 1. The van der Waals surface area contributed by atoms with E-state index in [1.807, 2.05) is 24.3 Å². The summed E-state index contributed by atoms with van der Waals surface area (Å²) in [5, 5.41) is 8.23. The van der Waals surface area contributed by atoms with Crippen molar-refractivity contribution in [2.24, 2.45) is 0 Å². The Balaban J connectivity index is 1.72. The molecular formula is C17H14N6O2. The van der Waals surface area contributed by atoms with Crippen molar-refractivity contribution in [3.63, 3.8) is 0 Å². The molecule has 0 aliphatic heterocycles. The number of nitrogens with zero attached hydrogens (tertiary/aromatic N) is 5. The Morgan fingerprint density at radius 1 is 0.960 bits per heavy atom. The summed E-state index contributed by atoms with van der Waals surface area (Å²) in [7, 11) is 1.60. The van der Waals surface area contributed by atoms with E-state index in [1.54, 1.807) is 36.1 Å². The molecule has 2 aromatic heterocycles. The number of aromatic nitrogens is 5. The third-order valence-corrected chi connectivity index (χ3v) is 3.65. The van der Waals surface area contributed by atoms with Crippen LogP contribution in [0, 0.1) is 0 Å². The number of anilines is 1. The van der Waals surface area contributed by atoms with Gasteiger partial charge in [0.25, 0.3) is 0 Å². The highest BCUT2D eigenvalue weighted by atomic mass is 16.5. The van der Waals surface area contributed by atoms with Crippen LogP contribution < -0.4 is 15.2 Å². The molecule has 0 fully saturated rings. The molecule has 8 nitrogen and oxygen atoms in total. The van der Waals surface area contributed by atoms with Gasteiger partial charge in [0, 0.05) is 0 Å². The van der Waals surface area contributed by atoms with Gasteiger partial charge in [-0.3, -0.25) is 0 Å². The summed E-state index contributed by atoms with van der Waals surface area (Å²) < 4.78 is 12.5. The topological polar surface area (TPSA) is 101 Å². The molecule has 124 valence electrons. The Bertz CT molecular complexity index is 1030. The van der Waals surface area contributed by atoms with Gasteiger partial charge in [0.2, 0.25) is 5.88 Å². The average Bonchev–Trinajstić information content (AvgIpc) is 3.08. The minimum Gasteiger partial charge on any atom is -0.497 e. The first kappa shape index (κ1) is 14.9.